The second-order valence-electron chi connectivity index (χ2n) is 5.21. The van der Waals surface area contributed by atoms with E-state index >= 15 is 0 Å². The first-order valence-electron chi connectivity index (χ1n) is 6.76. The largest absolute Gasteiger partial charge is 0.316 e. The molecule has 0 saturated carbocycles. The first-order chi connectivity index (χ1) is 8.59. The van der Waals surface area contributed by atoms with Crippen LogP contribution in [0.4, 0.5) is 4.39 Å². The van der Waals surface area contributed by atoms with Crippen LogP contribution in [0.3, 0.4) is 0 Å². The van der Waals surface area contributed by atoms with Crippen molar-refractivity contribution in [2.75, 3.05) is 19.6 Å². The summed E-state index contributed by atoms with van der Waals surface area (Å²) in [6, 6.07) is 5.28. The van der Waals surface area contributed by atoms with Gasteiger partial charge in [-0.3, -0.25) is 0 Å². The average Bonchev–Trinajstić information content (AvgIpc) is 2.32. The topological polar surface area (TPSA) is 24.1 Å². The van der Waals surface area contributed by atoms with Crippen molar-refractivity contribution in [1.82, 2.24) is 10.6 Å². The highest BCUT2D eigenvalue weighted by Crippen LogP contribution is 2.08. The number of benzene rings is 1. The summed E-state index contributed by atoms with van der Waals surface area (Å²) < 4.78 is 13.1. The summed E-state index contributed by atoms with van der Waals surface area (Å²) in [7, 11) is 0. The molecule has 0 spiro atoms. The van der Waals surface area contributed by atoms with Crippen LogP contribution in [0.1, 0.15) is 31.4 Å². The summed E-state index contributed by atoms with van der Waals surface area (Å²) in [4.78, 5) is 0. The minimum absolute atomic E-state index is 0.128. The number of aryl methyl sites for hydroxylation is 1. The van der Waals surface area contributed by atoms with Crippen molar-refractivity contribution in [3.05, 3.63) is 35.1 Å². The molecule has 0 heterocycles. The van der Waals surface area contributed by atoms with Crippen molar-refractivity contribution in [1.29, 1.82) is 0 Å². The van der Waals surface area contributed by atoms with Gasteiger partial charge in [-0.2, -0.15) is 0 Å². The Kier molecular flexibility index (Phi) is 6.91. The lowest BCUT2D eigenvalue weighted by atomic mass is 10.1. The summed E-state index contributed by atoms with van der Waals surface area (Å²) in [5, 5.41) is 6.78. The number of halogens is 1. The van der Waals surface area contributed by atoms with Gasteiger partial charge < -0.3 is 10.6 Å². The van der Waals surface area contributed by atoms with Crippen LogP contribution in [0.5, 0.6) is 0 Å². The molecular weight excluding hydrogens is 227 g/mol. The molecule has 1 aromatic rings. The van der Waals surface area contributed by atoms with E-state index in [9.17, 15) is 4.39 Å². The molecule has 0 atom stereocenters. The molecule has 0 aliphatic rings. The number of hydrogen-bond donors (Lipinski definition) is 2. The maximum atomic E-state index is 13.1. The van der Waals surface area contributed by atoms with Gasteiger partial charge in [-0.15, -0.1) is 0 Å². The lowest BCUT2D eigenvalue weighted by molar-refractivity contribution is 0.530. The van der Waals surface area contributed by atoms with Crippen LogP contribution in [0.15, 0.2) is 18.2 Å². The molecule has 0 radical (unpaired) electrons. The smallest absolute Gasteiger partial charge is 0.126 e. The molecule has 0 amide bonds. The van der Waals surface area contributed by atoms with E-state index in [-0.39, 0.29) is 5.82 Å². The molecule has 2 nitrogen and oxygen atoms in total. The maximum Gasteiger partial charge on any atom is 0.126 e. The number of nitrogens with one attached hydrogen (secondary N) is 2. The van der Waals surface area contributed by atoms with Crippen molar-refractivity contribution in [3.8, 4) is 0 Å². The second kappa shape index (κ2) is 8.22. The van der Waals surface area contributed by atoms with E-state index in [0.717, 1.165) is 38.2 Å². The Morgan fingerprint density at radius 2 is 1.89 bits per heavy atom. The fourth-order valence-corrected chi connectivity index (χ4v) is 1.78. The molecule has 0 fully saturated rings. The van der Waals surface area contributed by atoms with Crippen LogP contribution in [-0.2, 0) is 6.54 Å². The van der Waals surface area contributed by atoms with Crippen LogP contribution in [0.25, 0.3) is 0 Å². The molecular formula is C15H25FN2. The highest BCUT2D eigenvalue weighted by molar-refractivity contribution is 5.23. The zero-order valence-electron chi connectivity index (χ0n) is 11.7. The van der Waals surface area contributed by atoms with Gasteiger partial charge in [-0.1, -0.05) is 26.0 Å². The molecule has 0 aliphatic carbocycles. The van der Waals surface area contributed by atoms with Gasteiger partial charge in [0.2, 0.25) is 0 Å². The Morgan fingerprint density at radius 3 is 2.56 bits per heavy atom. The second-order valence-corrected chi connectivity index (χ2v) is 5.21. The SMILES string of the molecule is Cc1cc(CNCCCNCC(C)C)ccc1F. The lowest BCUT2D eigenvalue weighted by Gasteiger charge is -2.08. The van der Waals surface area contributed by atoms with E-state index in [1.807, 2.05) is 12.1 Å². The Hall–Kier alpha value is -0.930. The molecule has 3 heteroatoms. The molecule has 102 valence electrons. The Labute approximate surface area is 110 Å². The molecule has 0 bridgehead atoms. The van der Waals surface area contributed by atoms with Crippen molar-refractivity contribution < 1.29 is 4.39 Å². The molecule has 1 aromatic carbocycles. The van der Waals surface area contributed by atoms with Gasteiger partial charge in [0.25, 0.3) is 0 Å². The van der Waals surface area contributed by atoms with E-state index in [2.05, 4.69) is 24.5 Å². The molecule has 0 aliphatic heterocycles. The third-order valence-electron chi connectivity index (χ3n) is 2.81. The van der Waals surface area contributed by atoms with Crippen LogP contribution in [-0.4, -0.2) is 19.6 Å². The Morgan fingerprint density at radius 1 is 1.17 bits per heavy atom. The van der Waals surface area contributed by atoms with Crippen molar-refractivity contribution in [2.24, 2.45) is 5.92 Å². The molecule has 0 aromatic heterocycles. The van der Waals surface area contributed by atoms with Gasteiger partial charge in [-0.25, -0.2) is 4.39 Å². The van der Waals surface area contributed by atoms with E-state index in [1.165, 1.54) is 6.07 Å². The summed E-state index contributed by atoms with van der Waals surface area (Å²) in [6.45, 7) is 10.1. The van der Waals surface area contributed by atoms with Gasteiger partial charge in [0.05, 0.1) is 0 Å². The summed E-state index contributed by atoms with van der Waals surface area (Å²) in [5.74, 6) is 0.580. The van der Waals surface area contributed by atoms with Gasteiger partial charge >= 0.3 is 0 Å². The van der Waals surface area contributed by atoms with E-state index in [0.29, 0.717) is 11.5 Å². The van der Waals surface area contributed by atoms with Crippen LogP contribution >= 0.6 is 0 Å². The van der Waals surface area contributed by atoms with Gasteiger partial charge in [0.1, 0.15) is 5.82 Å². The fourth-order valence-electron chi connectivity index (χ4n) is 1.78. The minimum Gasteiger partial charge on any atom is -0.316 e. The predicted molar refractivity (Wildman–Crippen MR) is 75.2 cm³/mol. The van der Waals surface area contributed by atoms with E-state index in [1.54, 1.807) is 6.92 Å². The highest BCUT2D eigenvalue weighted by Gasteiger charge is 1.98. The van der Waals surface area contributed by atoms with E-state index in [4.69, 9.17) is 0 Å². The quantitative estimate of drug-likeness (QED) is 0.695. The predicted octanol–water partition coefficient (Wildman–Crippen LogP) is 2.86. The molecule has 2 N–H and O–H groups in total. The molecule has 1 rings (SSSR count). The zero-order valence-corrected chi connectivity index (χ0v) is 11.7. The van der Waals surface area contributed by atoms with Crippen molar-refractivity contribution in [3.63, 3.8) is 0 Å². The van der Waals surface area contributed by atoms with Gasteiger partial charge in [0, 0.05) is 6.54 Å². The Bertz CT molecular complexity index is 350. The van der Waals surface area contributed by atoms with Gasteiger partial charge in [-0.05, 0) is 56.1 Å². The van der Waals surface area contributed by atoms with Gasteiger partial charge in [0.15, 0.2) is 0 Å². The summed E-state index contributed by atoms with van der Waals surface area (Å²) in [6.07, 6.45) is 1.12. The minimum atomic E-state index is -0.128. The Balaban J connectivity index is 2.09. The zero-order chi connectivity index (χ0) is 13.4. The third-order valence-corrected chi connectivity index (χ3v) is 2.81. The van der Waals surface area contributed by atoms with Crippen LogP contribution in [0, 0.1) is 18.7 Å². The number of hydrogen-bond acceptors (Lipinski definition) is 2. The van der Waals surface area contributed by atoms with Crippen LogP contribution < -0.4 is 10.6 Å². The lowest BCUT2D eigenvalue weighted by Crippen LogP contribution is -2.24. The summed E-state index contributed by atoms with van der Waals surface area (Å²) in [5.41, 5.74) is 1.86. The fraction of sp³-hybridized carbons (Fsp3) is 0.600. The average molecular weight is 252 g/mol. The molecule has 0 unspecified atom stereocenters. The third kappa shape index (κ3) is 6.12. The monoisotopic (exact) mass is 252 g/mol. The normalized spacial score (nSPS) is 11.2. The summed E-state index contributed by atoms with van der Waals surface area (Å²) >= 11 is 0. The van der Waals surface area contributed by atoms with E-state index < -0.39 is 0 Å². The molecule has 0 saturated heterocycles. The van der Waals surface area contributed by atoms with Crippen LogP contribution in [0.2, 0.25) is 0 Å². The first-order valence-corrected chi connectivity index (χ1v) is 6.76. The number of rotatable bonds is 8. The highest BCUT2D eigenvalue weighted by atomic mass is 19.1. The molecule has 18 heavy (non-hydrogen) atoms. The van der Waals surface area contributed by atoms with Crippen molar-refractivity contribution >= 4 is 0 Å². The van der Waals surface area contributed by atoms with Crippen molar-refractivity contribution in [2.45, 2.75) is 33.7 Å². The first kappa shape index (κ1) is 15.1. The standard InChI is InChI=1S/C15H25FN2/c1-12(2)10-17-7-4-8-18-11-14-5-6-15(16)13(3)9-14/h5-6,9,12,17-18H,4,7-8,10-11H2,1-3H3. The maximum absolute atomic E-state index is 13.1.